The molecule has 1 aromatic heterocycles. The minimum atomic E-state index is -0.0783. The summed E-state index contributed by atoms with van der Waals surface area (Å²) in [6.45, 7) is 1.89. The summed E-state index contributed by atoms with van der Waals surface area (Å²) in [6.07, 6.45) is 1.59. The monoisotopic (exact) mass is 297 g/mol. The number of phenolic OH excluding ortho intramolecular Hbond substituents is 2. The number of aromatic amines is 1. The molecule has 6 nitrogen and oxygen atoms in total. The molecule has 6 heteroatoms. The second-order valence-corrected chi connectivity index (χ2v) is 4.92. The molecule has 0 fully saturated rings. The SMILES string of the molecule is Cc1cc(Oc2c[nH]nc2-c2ccc(O)cc2O)ccc1N. The van der Waals surface area contributed by atoms with Crippen molar-refractivity contribution in [1.29, 1.82) is 0 Å². The van der Waals surface area contributed by atoms with Gasteiger partial charge in [0.15, 0.2) is 5.75 Å². The van der Waals surface area contributed by atoms with E-state index in [1.165, 1.54) is 12.1 Å². The Kier molecular flexibility index (Phi) is 3.34. The number of ether oxygens (including phenoxy) is 1. The molecule has 0 amide bonds. The molecule has 0 saturated carbocycles. The van der Waals surface area contributed by atoms with Crippen molar-refractivity contribution >= 4 is 5.69 Å². The third kappa shape index (κ3) is 2.54. The molecule has 3 aromatic rings. The minimum absolute atomic E-state index is 0.0200. The van der Waals surface area contributed by atoms with Crippen LogP contribution in [0.5, 0.6) is 23.0 Å². The zero-order chi connectivity index (χ0) is 15.7. The Balaban J connectivity index is 1.96. The molecule has 112 valence electrons. The molecule has 0 atom stereocenters. The van der Waals surface area contributed by atoms with E-state index in [0.29, 0.717) is 28.4 Å². The van der Waals surface area contributed by atoms with Crippen molar-refractivity contribution in [2.75, 3.05) is 5.73 Å². The molecule has 0 aliphatic rings. The topological polar surface area (TPSA) is 104 Å². The maximum absolute atomic E-state index is 9.95. The van der Waals surface area contributed by atoms with E-state index in [4.69, 9.17) is 10.5 Å². The van der Waals surface area contributed by atoms with E-state index in [1.54, 1.807) is 24.4 Å². The maximum atomic E-state index is 9.95. The molecule has 2 aromatic carbocycles. The average molecular weight is 297 g/mol. The Labute approximate surface area is 126 Å². The van der Waals surface area contributed by atoms with Crippen molar-refractivity contribution in [1.82, 2.24) is 10.2 Å². The predicted octanol–water partition coefficient (Wildman–Crippen LogP) is 3.17. The summed E-state index contributed by atoms with van der Waals surface area (Å²) >= 11 is 0. The number of hydrogen-bond acceptors (Lipinski definition) is 5. The standard InChI is InChI=1S/C16H15N3O3/c1-9-6-11(3-5-13(9)17)22-15-8-18-19-16(15)12-4-2-10(20)7-14(12)21/h2-8,20-21H,17H2,1H3,(H,18,19). The first-order valence-corrected chi connectivity index (χ1v) is 6.64. The number of aromatic nitrogens is 2. The van der Waals surface area contributed by atoms with Gasteiger partial charge in [-0.1, -0.05) is 0 Å². The van der Waals surface area contributed by atoms with Gasteiger partial charge >= 0.3 is 0 Å². The van der Waals surface area contributed by atoms with Gasteiger partial charge in [-0.3, -0.25) is 5.10 Å². The molecule has 22 heavy (non-hydrogen) atoms. The molecular weight excluding hydrogens is 282 g/mol. The van der Waals surface area contributed by atoms with Crippen LogP contribution in [0, 0.1) is 6.92 Å². The van der Waals surface area contributed by atoms with E-state index >= 15 is 0 Å². The Morgan fingerprint density at radius 3 is 2.68 bits per heavy atom. The van der Waals surface area contributed by atoms with E-state index in [2.05, 4.69) is 10.2 Å². The number of anilines is 1. The number of rotatable bonds is 3. The molecule has 0 radical (unpaired) electrons. The fourth-order valence-corrected chi connectivity index (χ4v) is 2.11. The zero-order valence-corrected chi connectivity index (χ0v) is 11.9. The van der Waals surface area contributed by atoms with Crippen molar-refractivity contribution in [3.05, 3.63) is 48.2 Å². The van der Waals surface area contributed by atoms with Crippen LogP contribution in [-0.4, -0.2) is 20.4 Å². The average Bonchev–Trinajstić information content (AvgIpc) is 2.91. The van der Waals surface area contributed by atoms with Crippen molar-refractivity contribution in [2.45, 2.75) is 6.92 Å². The van der Waals surface area contributed by atoms with Crippen molar-refractivity contribution < 1.29 is 14.9 Å². The maximum Gasteiger partial charge on any atom is 0.173 e. The highest BCUT2D eigenvalue weighted by molar-refractivity contribution is 5.73. The van der Waals surface area contributed by atoms with Crippen LogP contribution in [0.2, 0.25) is 0 Å². The predicted molar refractivity (Wildman–Crippen MR) is 83.0 cm³/mol. The summed E-state index contributed by atoms with van der Waals surface area (Å²) < 4.78 is 5.80. The lowest BCUT2D eigenvalue weighted by Gasteiger charge is -2.09. The van der Waals surface area contributed by atoms with Gasteiger partial charge < -0.3 is 20.7 Å². The van der Waals surface area contributed by atoms with E-state index in [0.717, 1.165) is 5.56 Å². The Morgan fingerprint density at radius 1 is 1.14 bits per heavy atom. The number of aromatic hydroxyl groups is 2. The number of hydrogen-bond donors (Lipinski definition) is 4. The summed E-state index contributed by atoms with van der Waals surface area (Å²) in [4.78, 5) is 0. The molecular formula is C16H15N3O3. The number of aryl methyl sites for hydroxylation is 1. The highest BCUT2D eigenvalue weighted by Crippen LogP contribution is 2.37. The minimum Gasteiger partial charge on any atom is -0.508 e. The van der Waals surface area contributed by atoms with Gasteiger partial charge in [-0.2, -0.15) is 5.10 Å². The van der Waals surface area contributed by atoms with Crippen molar-refractivity contribution in [3.63, 3.8) is 0 Å². The first-order chi connectivity index (χ1) is 10.5. The van der Waals surface area contributed by atoms with Crippen LogP contribution in [0.1, 0.15) is 5.56 Å². The summed E-state index contributed by atoms with van der Waals surface area (Å²) in [5.74, 6) is 0.983. The molecule has 0 aliphatic carbocycles. The first-order valence-electron chi connectivity index (χ1n) is 6.64. The number of nitrogens with two attached hydrogens (primary N) is 1. The Hall–Kier alpha value is -3.15. The molecule has 0 saturated heterocycles. The lowest BCUT2D eigenvalue weighted by molar-refractivity contribution is 0.450. The quantitative estimate of drug-likeness (QED) is 0.556. The van der Waals surface area contributed by atoms with Crippen LogP contribution >= 0.6 is 0 Å². The van der Waals surface area contributed by atoms with E-state index in [9.17, 15) is 10.2 Å². The van der Waals surface area contributed by atoms with Gasteiger partial charge in [0.2, 0.25) is 0 Å². The van der Waals surface area contributed by atoms with Crippen molar-refractivity contribution in [2.24, 2.45) is 0 Å². The van der Waals surface area contributed by atoms with Gasteiger partial charge in [-0.15, -0.1) is 0 Å². The Bertz CT molecular complexity index is 827. The molecule has 1 heterocycles. The number of phenols is 2. The lowest BCUT2D eigenvalue weighted by atomic mass is 10.1. The number of nitrogens with zero attached hydrogens (tertiary/aromatic N) is 1. The normalized spacial score (nSPS) is 10.6. The molecule has 3 rings (SSSR count). The van der Waals surface area contributed by atoms with Gasteiger partial charge in [-0.05, 0) is 42.8 Å². The van der Waals surface area contributed by atoms with E-state index in [-0.39, 0.29) is 11.5 Å². The van der Waals surface area contributed by atoms with Crippen LogP contribution in [0.25, 0.3) is 11.3 Å². The second kappa shape index (κ2) is 5.33. The molecule has 0 spiro atoms. The van der Waals surface area contributed by atoms with Gasteiger partial charge in [0, 0.05) is 17.3 Å². The lowest BCUT2D eigenvalue weighted by Crippen LogP contribution is -1.91. The van der Waals surface area contributed by atoms with Gasteiger partial charge in [0.25, 0.3) is 0 Å². The largest absolute Gasteiger partial charge is 0.508 e. The summed E-state index contributed by atoms with van der Waals surface area (Å²) in [7, 11) is 0. The number of nitrogen functional groups attached to an aromatic ring is 1. The van der Waals surface area contributed by atoms with Crippen LogP contribution in [-0.2, 0) is 0 Å². The van der Waals surface area contributed by atoms with Gasteiger partial charge in [-0.25, -0.2) is 0 Å². The van der Waals surface area contributed by atoms with Crippen LogP contribution in [0.3, 0.4) is 0 Å². The fraction of sp³-hybridized carbons (Fsp3) is 0.0625. The first kappa shape index (κ1) is 13.8. The molecule has 0 bridgehead atoms. The number of benzene rings is 2. The van der Waals surface area contributed by atoms with E-state index < -0.39 is 0 Å². The summed E-state index contributed by atoms with van der Waals surface area (Å²) in [5, 5.41) is 26.1. The summed E-state index contributed by atoms with van der Waals surface area (Å²) in [6, 6.07) is 9.64. The van der Waals surface area contributed by atoms with Crippen LogP contribution in [0.15, 0.2) is 42.6 Å². The smallest absolute Gasteiger partial charge is 0.173 e. The van der Waals surface area contributed by atoms with Gasteiger partial charge in [0.05, 0.1) is 6.20 Å². The number of H-pyrrole nitrogens is 1. The van der Waals surface area contributed by atoms with E-state index in [1.807, 2.05) is 13.0 Å². The third-order valence-corrected chi connectivity index (χ3v) is 3.31. The van der Waals surface area contributed by atoms with Crippen LogP contribution < -0.4 is 10.5 Å². The number of nitrogens with one attached hydrogen (secondary N) is 1. The zero-order valence-electron chi connectivity index (χ0n) is 11.9. The Morgan fingerprint density at radius 2 is 1.95 bits per heavy atom. The summed E-state index contributed by atoms with van der Waals surface area (Å²) in [5.41, 5.74) is 8.30. The molecule has 0 aliphatic heterocycles. The molecule has 5 N–H and O–H groups in total. The van der Waals surface area contributed by atoms with Crippen molar-refractivity contribution in [3.8, 4) is 34.3 Å². The highest BCUT2D eigenvalue weighted by atomic mass is 16.5. The fourth-order valence-electron chi connectivity index (χ4n) is 2.11. The third-order valence-electron chi connectivity index (χ3n) is 3.31. The highest BCUT2D eigenvalue weighted by Gasteiger charge is 2.15. The van der Waals surface area contributed by atoms with Crippen LogP contribution in [0.4, 0.5) is 5.69 Å². The van der Waals surface area contributed by atoms with Gasteiger partial charge in [0.1, 0.15) is 22.9 Å². The molecule has 0 unspecified atom stereocenters. The second-order valence-electron chi connectivity index (χ2n) is 4.92.